The maximum atomic E-state index is 13.1. The number of aliphatic hydroxyl groups is 1. The lowest BCUT2D eigenvalue weighted by Gasteiger charge is -2.13. The maximum absolute atomic E-state index is 13.1. The summed E-state index contributed by atoms with van der Waals surface area (Å²) in [6.45, 7) is 1.71. The molecule has 0 amide bonds. The molecule has 0 saturated carbocycles. The molecule has 0 heterocycles. The van der Waals surface area contributed by atoms with Gasteiger partial charge >= 0.3 is 0 Å². The molecule has 1 aromatic rings. The van der Waals surface area contributed by atoms with Crippen molar-refractivity contribution in [3.8, 4) is 0 Å². The lowest BCUT2D eigenvalue weighted by atomic mass is 10.0. The van der Waals surface area contributed by atoms with Crippen LogP contribution in [0.25, 0.3) is 0 Å². The van der Waals surface area contributed by atoms with Crippen molar-refractivity contribution in [2.75, 3.05) is 0 Å². The molecule has 1 aromatic carbocycles. The van der Waals surface area contributed by atoms with Gasteiger partial charge in [0.2, 0.25) is 0 Å². The summed E-state index contributed by atoms with van der Waals surface area (Å²) in [6.07, 6.45) is -0.724. The Morgan fingerprint density at radius 2 is 2.07 bits per heavy atom. The first-order chi connectivity index (χ1) is 6.50. The van der Waals surface area contributed by atoms with E-state index in [4.69, 9.17) is 5.73 Å². The average molecular weight is 201 g/mol. The largest absolute Gasteiger partial charge is 0.388 e. The number of rotatable bonds is 3. The molecule has 0 radical (unpaired) electrons. The SMILES string of the molecule is CC(N)CC(O)c1ccc(F)cc1F. The Bertz CT molecular complexity index is 315. The van der Waals surface area contributed by atoms with Crippen molar-refractivity contribution in [3.05, 3.63) is 35.4 Å². The first-order valence-electron chi connectivity index (χ1n) is 4.39. The highest BCUT2D eigenvalue weighted by molar-refractivity contribution is 5.20. The Morgan fingerprint density at radius 1 is 1.43 bits per heavy atom. The van der Waals surface area contributed by atoms with Crippen LogP contribution in [0.4, 0.5) is 8.78 Å². The van der Waals surface area contributed by atoms with Gasteiger partial charge in [0, 0.05) is 17.7 Å². The Kier molecular flexibility index (Phi) is 3.55. The molecule has 2 nitrogen and oxygen atoms in total. The summed E-state index contributed by atoms with van der Waals surface area (Å²) in [7, 11) is 0. The number of benzene rings is 1. The van der Waals surface area contributed by atoms with E-state index in [0.717, 1.165) is 12.1 Å². The zero-order chi connectivity index (χ0) is 10.7. The van der Waals surface area contributed by atoms with Crippen LogP contribution in [0.15, 0.2) is 18.2 Å². The topological polar surface area (TPSA) is 46.2 Å². The van der Waals surface area contributed by atoms with E-state index in [-0.39, 0.29) is 18.0 Å². The zero-order valence-electron chi connectivity index (χ0n) is 7.87. The Balaban J connectivity index is 2.84. The molecule has 2 atom stereocenters. The summed E-state index contributed by atoms with van der Waals surface area (Å²) < 4.78 is 25.6. The second-order valence-electron chi connectivity index (χ2n) is 3.39. The average Bonchev–Trinajstić information content (AvgIpc) is 2.01. The van der Waals surface area contributed by atoms with Gasteiger partial charge in [0.15, 0.2) is 0 Å². The molecular weight excluding hydrogens is 188 g/mol. The van der Waals surface area contributed by atoms with Gasteiger partial charge in [0.25, 0.3) is 0 Å². The first kappa shape index (κ1) is 11.1. The summed E-state index contributed by atoms with van der Waals surface area (Å²) >= 11 is 0. The zero-order valence-corrected chi connectivity index (χ0v) is 7.87. The van der Waals surface area contributed by atoms with Gasteiger partial charge in [0.05, 0.1) is 6.10 Å². The highest BCUT2D eigenvalue weighted by Gasteiger charge is 2.14. The standard InChI is InChI=1S/C10H13F2NO/c1-6(13)4-10(14)8-3-2-7(11)5-9(8)12/h2-3,5-6,10,14H,4,13H2,1H3. The van der Waals surface area contributed by atoms with Crippen LogP contribution >= 0.6 is 0 Å². The van der Waals surface area contributed by atoms with Crippen molar-refractivity contribution < 1.29 is 13.9 Å². The molecule has 0 fully saturated rings. The fraction of sp³-hybridized carbons (Fsp3) is 0.400. The van der Waals surface area contributed by atoms with Crippen molar-refractivity contribution in [1.82, 2.24) is 0 Å². The summed E-state index contributed by atoms with van der Waals surface area (Å²) in [5.41, 5.74) is 5.54. The lowest BCUT2D eigenvalue weighted by molar-refractivity contribution is 0.155. The molecule has 0 aliphatic heterocycles. The Hall–Kier alpha value is -1.00. The summed E-state index contributed by atoms with van der Waals surface area (Å²) in [4.78, 5) is 0. The van der Waals surface area contributed by atoms with Gasteiger partial charge in [-0.25, -0.2) is 8.78 Å². The van der Waals surface area contributed by atoms with Crippen molar-refractivity contribution in [1.29, 1.82) is 0 Å². The third kappa shape index (κ3) is 2.75. The van der Waals surface area contributed by atoms with Crippen LogP contribution in [0.1, 0.15) is 25.0 Å². The maximum Gasteiger partial charge on any atom is 0.131 e. The van der Waals surface area contributed by atoms with Gasteiger partial charge in [-0.05, 0) is 19.4 Å². The third-order valence-electron chi connectivity index (χ3n) is 1.92. The number of hydrogen-bond acceptors (Lipinski definition) is 2. The molecule has 0 aliphatic carbocycles. The van der Waals surface area contributed by atoms with Crippen LogP contribution in [0.3, 0.4) is 0 Å². The van der Waals surface area contributed by atoms with E-state index in [0.29, 0.717) is 0 Å². The van der Waals surface area contributed by atoms with Gasteiger partial charge in [0.1, 0.15) is 11.6 Å². The normalized spacial score (nSPS) is 15.2. The number of aliphatic hydroxyl groups excluding tert-OH is 1. The monoisotopic (exact) mass is 201 g/mol. The first-order valence-corrected chi connectivity index (χ1v) is 4.39. The molecule has 4 heteroatoms. The van der Waals surface area contributed by atoms with Crippen LogP contribution in [0.5, 0.6) is 0 Å². The summed E-state index contributed by atoms with van der Waals surface area (Å²) in [6, 6.07) is 2.87. The van der Waals surface area contributed by atoms with Gasteiger partial charge in [-0.1, -0.05) is 6.07 Å². The van der Waals surface area contributed by atoms with E-state index >= 15 is 0 Å². The molecule has 2 unspecified atom stereocenters. The number of halogens is 2. The van der Waals surface area contributed by atoms with Gasteiger partial charge in [-0.15, -0.1) is 0 Å². The molecule has 1 rings (SSSR count). The fourth-order valence-corrected chi connectivity index (χ4v) is 1.25. The van der Waals surface area contributed by atoms with Gasteiger partial charge < -0.3 is 10.8 Å². The van der Waals surface area contributed by atoms with E-state index in [9.17, 15) is 13.9 Å². The van der Waals surface area contributed by atoms with E-state index in [1.165, 1.54) is 6.07 Å². The van der Waals surface area contributed by atoms with Crippen molar-refractivity contribution in [3.63, 3.8) is 0 Å². The summed E-state index contributed by atoms with van der Waals surface area (Å²) in [5, 5.41) is 9.52. The van der Waals surface area contributed by atoms with E-state index in [1.54, 1.807) is 6.92 Å². The van der Waals surface area contributed by atoms with Gasteiger partial charge in [-0.2, -0.15) is 0 Å². The highest BCUT2D eigenvalue weighted by Crippen LogP contribution is 2.21. The van der Waals surface area contributed by atoms with E-state index in [1.807, 2.05) is 0 Å². The van der Waals surface area contributed by atoms with Crippen LogP contribution < -0.4 is 5.73 Å². The third-order valence-corrected chi connectivity index (χ3v) is 1.92. The van der Waals surface area contributed by atoms with E-state index in [2.05, 4.69) is 0 Å². The van der Waals surface area contributed by atoms with E-state index < -0.39 is 17.7 Å². The molecule has 0 aromatic heterocycles. The quantitative estimate of drug-likeness (QED) is 0.782. The lowest BCUT2D eigenvalue weighted by Crippen LogP contribution is -2.19. The van der Waals surface area contributed by atoms with Crippen molar-refractivity contribution >= 4 is 0 Å². The predicted molar refractivity (Wildman–Crippen MR) is 49.6 cm³/mol. The molecule has 0 spiro atoms. The molecule has 14 heavy (non-hydrogen) atoms. The number of hydrogen-bond donors (Lipinski definition) is 2. The van der Waals surface area contributed by atoms with Crippen LogP contribution in [-0.4, -0.2) is 11.1 Å². The van der Waals surface area contributed by atoms with Crippen LogP contribution in [0, 0.1) is 11.6 Å². The Morgan fingerprint density at radius 3 is 2.57 bits per heavy atom. The van der Waals surface area contributed by atoms with Crippen molar-refractivity contribution in [2.45, 2.75) is 25.5 Å². The second-order valence-corrected chi connectivity index (χ2v) is 3.39. The molecule has 3 N–H and O–H groups in total. The summed E-state index contributed by atoms with van der Waals surface area (Å²) in [5.74, 6) is -1.39. The highest BCUT2D eigenvalue weighted by atomic mass is 19.1. The van der Waals surface area contributed by atoms with Crippen LogP contribution in [-0.2, 0) is 0 Å². The minimum absolute atomic E-state index is 0.0868. The second kappa shape index (κ2) is 4.48. The molecule has 0 aliphatic rings. The molecule has 0 saturated heterocycles. The molecular formula is C10H13F2NO. The van der Waals surface area contributed by atoms with Crippen molar-refractivity contribution in [2.24, 2.45) is 5.73 Å². The van der Waals surface area contributed by atoms with Gasteiger partial charge in [-0.3, -0.25) is 0 Å². The molecule has 78 valence electrons. The smallest absolute Gasteiger partial charge is 0.131 e. The number of nitrogens with two attached hydrogens (primary N) is 1. The predicted octanol–water partition coefficient (Wildman–Crippen LogP) is 1.74. The fourth-order valence-electron chi connectivity index (χ4n) is 1.25. The minimum atomic E-state index is -0.976. The molecule has 0 bridgehead atoms. The Labute approximate surface area is 81.4 Å². The van der Waals surface area contributed by atoms with Crippen LogP contribution in [0.2, 0.25) is 0 Å². The minimum Gasteiger partial charge on any atom is -0.388 e.